The van der Waals surface area contributed by atoms with E-state index in [0.29, 0.717) is 28.1 Å². The number of anilines is 1. The first kappa shape index (κ1) is 21.9. The van der Waals surface area contributed by atoms with Crippen LogP contribution in [0.2, 0.25) is 0 Å². The van der Waals surface area contributed by atoms with Crippen LogP contribution >= 0.6 is 0 Å². The van der Waals surface area contributed by atoms with Gasteiger partial charge in [-0.3, -0.25) is 14.8 Å². The summed E-state index contributed by atoms with van der Waals surface area (Å²) in [7, 11) is -3.88. The summed E-state index contributed by atoms with van der Waals surface area (Å²) < 4.78 is 25.3. The Balaban J connectivity index is 1.58. The highest BCUT2D eigenvalue weighted by molar-refractivity contribution is 7.89. The molecule has 3 aromatic carbocycles. The Labute approximate surface area is 190 Å². The van der Waals surface area contributed by atoms with Crippen LogP contribution in [-0.2, 0) is 10.0 Å². The Morgan fingerprint density at radius 1 is 1.00 bits per heavy atom. The van der Waals surface area contributed by atoms with Gasteiger partial charge < -0.3 is 11.1 Å². The van der Waals surface area contributed by atoms with Gasteiger partial charge in [0.25, 0.3) is 5.91 Å². The number of sulfonamides is 1. The third-order valence-corrected chi connectivity index (χ3v) is 5.90. The summed E-state index contributed by atoms with van der Waals surface area (Å²) in [4.78, 5) is 17.0. The minimum atomic E-state index is -3.88. The number of primary sulfonamides is 1. The molecule has 6 N–H and O–H groups in total. The first-order chi connectivity index (χ1) is 15.7. The van der Waals surface area contributed by atoms with E-state index >= 15 is 0 Å². The Kier molecular flexibility index (Phi) is 5.78. The zero-order chi connectivity index (χ0) is 23.6. The maximum Gasteiger partial charge on any atom is 0.292 e. The number of amides is 1. The number of amidine groups is 1. The number of benzene rings is 3. The van der Waals surface area contributed by atoms with E-state index in [9.17, 15) is 13.2 Å². The van der Waals surface area contributed by atoms with Gasteiger partial charge in [0.2, 0.25) is 15.8 Å². The summed E-state index contributed by atoms with van der Waals surface area (Å²) in [6.45, 7) is 0. The summed E-state index contributed by atoms with van der Waals surface area (Å²) in [5.41, 5.74) is 8.35. The Morgan fingerprint density at radius 3 is 2.42 bits per heavy atom. The van der Waals surface area contributed by atoms with E-state index in [0.717, 1.165) is 0 Å². The standard InChI is InChI=1S/C23H20N6O3S/c24-21(25)16-4-3-5-18(14-16)29-13-12-27-22(29)23(30)28-17-10-8-15(9-11-17)19-6-1-2-7-20(19)33(26,31)32/h1-14H,(H3,24,25)(H,28,30)(H2,26,31,32). The maximum atomic E-state index is 12.9. The van der Waals surface area contributed by atoms with Crippen molar-refractivity contribution in [1.82, 2.24) is 9.55 Å². The van der Waals surface area contributed by atoms with Crippen LogP contribution in [-0.4, -0.2) is 29.7 Å². The summed E-state index contributed by atoms with van der Waals surface area (Å²) in [5.74, 6) is -0.364. The lowest BCUT2D eigenvalue weighted by Crippen LogP contribution is -2.18. The summed E-state index contributed by atoms with van der Waals surface area (Å²) in [5, 5.41) is 15.7. The number of nitrogen functional groups attached to an aromatic ring is 1. The van der Waals surface area contributed by atoms with Crippen molar-refractivity contribution in [2.45, 2.75) is 4.90 Å². The van der Waals surface area contributed by atoms with E-state index in [1.807, 2.05) is 0 Å². The van der Waals surface area contributed by atoms with Gasteiger partial charge in [0, 0.05) is 34.9 Å². The highest BCUT2D eigenvalue weighted by atomic mass is 32.2. The number of carbonyl (C=O) groups excluding carboxylic acids is 1. The van der Waals surface area contributed by atoms with Gasteiger partial charge in [-0.2, -0.15) is 0 Å². The van der Waals surface area contributed by atoms with Gasteiger partial charge in [0.15, 0.2) is 0 Å². The molecule has 0 saturated heterocycles. The van der Waals surface area contributed by atoms with Gasteiger partial charge in [-0.05, 0) is 35.9 Å². The molecule has 33 heavy (non-hydrogen) atoms. The lowest BCUT2D eigenvalue weighted by atomic mass is 10.1. The zero-order valence-electron chi connectivity index (χ0n) is 17.3. The molecular weight excluding hydrogens is 440 g/mol. The van der Waals surface area contributed by atoms with Gasteiger partial charge in [-0.1, -0.05) is 42.5 Å². The third-order valence-electron chi connectivity index (χ3n) is 4.93. The van der Waals surface area contributed by atoms with Crippen molar-refractivity contribution in [2.75, 3.05) is 5.32 Å². The van der Waals surface area contributed by atoms with Gasteiger partial charge in [0.1, 0.15) is 5.84 Å². The zero-order valence-corrected chi connectivity index (χ0v) is 18.1. The fourth-order valence-electron chi connectivity index (χ4n) is 3.38. The van der Waals surface area contributed by atoms with E-state index in [2.05, 4.69) is 10.3 Å². The molecule has 9 nitrogen and oxygen atoms in total. The number of hydrogen-bond donors (Lipinski definition) is 4. The second kappa shape index (κ2) is 8.69. The molecule has 0 aliphatic heterocycles. The molecule has 0 aliphatic rings. The molecule has 0 bridgehead atoms. The van der Waals surface area contributed by atoms with E-state index in [-0.39, 0.29) is 16.6 Å². The smallest absolute Gasteiger partial charge is 0.292 e. The minimum absolute atomic E-state index is 0.0246. The number of nitrogens with two attached hydrogens (primary N) is 2. The highest BCUT2D eigenvalue weighted by Crippen LogP contribution is 2.27. The molecule has 0 aliphatic carbocycles. The van der Waals surface area contributed by atoms with Gasteiger partial charge in [-0.15, -0.1) is 0 Å². The topological polar surface area (TPSA) is 157 Å². The number of nitrogens with zero attached hydrogens (tertiary/aromatic N) is 2. The van der Waals surface area contributed by atoms with E-state index in [1.54, 1.807) is 77.5 Å². The van der Waals surface area contributed by atoms with Crippen molar-refractivity contribution >= 4 is 27.5 Å². The first-order valence-corrected chi connectivity index (χ1v) is 11.3. The van der Waals surface area contributed by atoms with Crippen LogP contribution in [0, 0.1) is 5.41 Å². The fourth-order valence-corrected chi connectivity index (χ4v) is 4.14. The predicted octanol–water partition coefficient (Wildman–Crippen LogP) is 2.72. The molecule has 4 rings (SSSR count). The van der Waals surface area contributed by atoms with Crippen molar-refractivity contribution in [3.05, 3.63) is 96.6 Å². The number of carbonyl (C=O) groups is 1. The Hall–Kier alpha value is -4.28. The summed E-state index contributed by atoms with van der Waals surface area (Å²) in [6.07, 6.45) is 3.14. The third kappa shape index (κ3) is 4.66. The summed E-state index contributed by atoms with van der Waals surface area (Å²) in [6, 6.07) is 20.1. The van der Waals surface area contributed by atoms with Crippen LogP contribution in [0.5, 0.6) is 0 Å². The van der Waals surface area contributed by atoms with E-state index in [4.69, 9.17) is 16.3 Å². The predicted molar refractivity (Wildman–Crippen MR) is 126 cm³/mol. The lowest BCUT2D eigenvalue weighted by molar-refractivity contribution is 0.101. The molecule has 1 heterocycles. The highest BCUT2D eigenvalue weighted by Gasteiger charge is 2.17. The van der Waals surface area contributed by atoms with Crippen LogP contribution in [0.3, 0.4) is 0 Å². The van der Waals surface area contributed by atoms with Gasteiger partial charge in [0.05, 0.1) is 4.90 Å². The quantitative estimate of drug-likeness (QED) is 0.257. The molecule has 0 fully saturated rings. The van der Waals surface area contributed by atoms with Crippen molar-refractivity contribution in [2.24, 2.45) is 10.9 Å². The second-order valence-corrected chi connectivity index (χ2v) is 8.69. The molecule has 1 aromatic heterocycles. The Bertz CT molecular complexity index is 1460. The average molecular weight is 461 g/mol. The minimum Gasteiger partial charge on any atom is -0.384 e. The van der Waals surface area contributed by atoms with Crippen LogP contribution in [0.25, 0.3) is 16.8 Å². The van der Waals surface area contributed by atoms with Crippen LogP contribution in [0.1, 0.15) is 16.2 Å². The largest absolute Gasteiger partial charge is 0.384 e. The van der Waals surface area contributed by atoms with Crippen LogP contribution < -0.4 is 16.2 Å². The number of imidazole rings is 1. The summed E-state index contributed by atoms with van der Waals surface area (Å²) >= 11 is 0. The monoisotopic (exact) mass is 460 g/mol. The Morgan fingerprint density at radius 2 is 1.73 bits per heavy atom. The molecule has 166 valence electrons. The molecule has 0 saturated carbocycles. The number of nitrogens with one attached hydrogen (secondary N) is 2. The second-order valence-electron chi connectivity index (χ2n) is 7.16. The number of hydrogen-bond acceptors (Lipinski definition) is 5. The number of rotatable bonds is 6. The van der Waals surface area contributed by atoms with E-state index in [1.165, 1.54) is 12.3 Å². The molecule has 4 aromatic rings. The van der Waals surface area contributed by atoms with Crippen LogP contribution in [0.4, 0.5) is 5.69 Å². The average Bonchev–Trinajstić information content (AvgIpc) is 3.29. The molecule has 0 radical (unpaired) electrons. The SMILES string of the molecule is N=C(N)c1cccc(-n2ccnc2C(=O)Nc2ccc(-c3ccccc3S(N)(=O)=O)cc2)c1. The number of aromatic nitrogens is 2. The van der Waals surface area contributed by atoms with Gasteiger partial charge in [-0.25, -0.2) is 18.5 Å². The van der Waals surface area contributed by atoms with Crippen molar-refractivity contribution in [3.8, 4) is 16.8 Å². The lowest BCUT2D eigenvalue weighted by Gasteiger charge is -2.11. The molecule has 10 heteroatoms. The molecule has 0 atom stereocenters. The van der Waals surface area contributed by atoms with Crippen LogP contribution in [0.15, 0.2) is 90.1 Å². The van der Waals surface area contributed by atoms with Crippen molar-refractivity contribution in [1.29, 1.82) is 5.41 Å². The fraction of sp³-hybridized carbons (Fsp3) is 0. The molecule has 0 unspecified atom stereocenters. The first-order valence-electron chi connectivity index (χ1n) is 9.76. The maximum absolute atomic E-state index is 12.9. The van der Waals surface area contributed by atoms with Gasteiger partial charge >= 0.3 is 0 Å². The van der Waals surface area contributed by atoms with E-state index < -0.39 is 15.9 Å². The molecular formula is C23H20N6O3S. The normalized spacial score (nSPS) is 11.2. The van der Waals surface area contributed by atoms with Crippen molar-refractivity contribution in [3.63, 3.8) is 0 Å². The van der Waals surface area contributed by atoms with Crippen molar-refractivity contribution < 1.29 is 13.2 Å². The molecule has 1 amide bonds. The molecule has 0 spiro atoms.